The summed E-state index contributed by atoms with van der Waals surface area (Å²) in [5.74, 6) is -0.374. The minimum Gasteiger partial charge on any atom is -0.450 e. The van der Waals surface area contributed by atoms with Crippen LogP contribution in [0.3, 0.4) is 0 Å². The Kier molecular flexibility index (Phi) is 9.74. The largest absolute Gasteiger partial charge is 0.450 e. The lowest BCUT2D eigenvalue weighted by molar-refractivity contribution is -0.122. The monoisotopic (exact) mass is 393 g/mol. The summed E-state index contributed by atoms with van der Waals surface area (Å²) >= 11 is 0. The zero-order valence-corrected chi connectivity index (χ0v) is 16.4. The third-order valence-corrected chi connectivity index (χ3v) is 4.55. The molecule has 2 amide bonds. The number of carbonyl (C=O) groups excluding carboxylic acids is 2. The summed E-state index contributed by atoms with van der Waals surface area (Å²) < 4.78 is 10.3. The van der Waals surface area contributed by atoms with Gasteiger partial charge in [0.15, 0.2) is 0 Å². The molecule has 1 heterocycles. The Hall–Kier alpha value is -2.16. The number of morpholine rings is 1. The molecule has 0 spiro atoms. The molecule has 0 radical (unpaired) electrons. The molecule has 0 saturated carbocycles. The van der Waals surface area contributed by atoms with Crippen LogP contribution in [0.2, 0.25) is 0 Å². The first kappa shape index (κ1) is 22.1. The van der Waals surface area contributed by atoms with Crippen LogP contribution in [0.1, 0.15) is 31.4 Å². The van der Waals surface area contributed by atoms with Crippen molar-refractivity contribution in [2.75, 3.05) is 46.0 Å². The first-order valence-electron chi connectivity index (χ1n) is 9.83. The summed E-state index contributed by atoms with van der Waals surface area (Å²) in [6.45, 7) is 5.38. The Balaban J connectivity index is 1.90. The molecule has 2 rings (SSSR count). The Morgan fingerprint density at radius 2 is 1.96 bits per heavy atom. The van der Waals surface area contributed by atoms with Crippen LogP contribution in [0.4, 0.5) is 4.79 Å². The fraction of sp³-hybridized carbons (Fsp3) is 0.600. The van der Waals surface area contributed by atoms with Gasteiger partial charge in [0.05, 0.1) is 25.9 Å². The summed E-state index contributed by atoms with van der Waals surface area (Å²) in [4.78, 5) is 26.1. The van der Waals surface area contributed by atoms with Gasteiger partial charge in [0.25, 0.3) is 0 Å². The molecular formula is C20H31N3O5. The van der Waals surface area contributed by atoms with Gasteiger partial charge >= 0.3 is 6.09 Å². The number of ether oxygens (including phenoxy) is 2. The van der Waals surface area contributed by atoms with Crippen molar-refractivity contribution in [1.29, 1.82) is 0 Å². The molecule has 1 aromatic rings. The number of aliphatic hydroxyl groups is 1. The number of carbonyl (C=O) groups is 2. The van der Waals surface area contributed by atoms with Crippen molar-refractivity contribution in [3.05, 3.63) is 35.9 Å². The van der Waals surface area contributed by atoms with Gasteiger partial charge in [-0.2, -0.15) is 0 Å². The molecular weight excluding hydrogens is 362 g/mol. The van der Waals surface area contributed by atoms with E-state index in [1.807, 2.05) is 37.3 Å². The Labute approximate surface area is 166 Å². The van der Waals surface area contributed by atoms with E-state index >= 15 is 0 Å². The van der Waals surface area contributed by atoms with Gasteiger partial charge in [-0.3, -0.25) is 9.69 Å². The molecule has 0 bridgehead atoms. The van der Waals surface area contributed by atoms with Crippen LogP contribution in [-0.2, 0) is 14.3 Å². The first-order chi connectivity index (χ1) is 13.6. The van der Waals surface area contributed by atoms with E-state index < -0.39 is 18.2 Å². The van der Waals surface area contributed by atoms with Gasteiger partial charge in [-0.1, -0.05) is 43.7 Å². The van der Waals surface area contributed by atoms with E-state index in [0.29, 0.717) is 26.4 Å². The maximum Gasteiger partial charge on any atom is 0.407 e. The van der Waals surface area contributed by atoms with Crippen LogP contribution in [0, 0.1) is 0 Å². The molecule has 3 N–H and O–H groups in total. The maximum atomic E-state index is 12.3. The smallest absolute Gasteiger partial charge is 0.407 e. The molecule has 0 aromatic heterocycles. The molecule has 156 valence electrons. The van der Waals surface area contributed by atoms with Crippen LogP contribution in [-0.4, -0.2) is 74.0 Å². The highest BCUT2D eigenvalue weighted by Crippen LogP contribution is 2.18. The molecule has 0 aliphatic carbocycles. The molecule has 8 nitrogen and oxygen atoms in total. The van der Waals surface area contributed by atoms with Crippen molar-refractivity contribution in [2.45, 2.75) is 31.9 Å². The van der Waals surface area contributed by atoms with Crippen molar-refractivity contribution in [1.82, 2.24) is 15.5 Å². The van der Waals surface area contributed by atoms with Gasteiger partial charge in [-0.05, 0) is 12.0 Å². The lowest BCUT2D eigenvalue weighted by Gasteiger charge is -2.33. The van der Waals surface area contributed by atoms with Crippen LogP contribution < -0.4 is 10.6 Å². The fourth-order valence-electron chi connectivity index (χ4n) is 2.94. The van der Waals surface area contributed by atoms with Gasteiger partial charge < -0.3 is 25.2 Å². The van der Waals surface area contributed by atoms with E-state index in [9.17, 15) is 14.7 Å². The van der Waals surface area contributed by atoms with Gasteiger partial charge in [0.1, 0.15) is 12.6 Å². The molecule has 1 saturated heterocycles. The van der Waals surface area contributed by atoms with E-state index in [2.05, 4.69) is 15.5 Å². The van der Waals surface area contributed by atoms with E-state index in [1.54, 1.807) is 0 Å². The lowest BCUT2D eigenvalue weighted by Crippen LogP contribution is -2.51. The number of alkyl carbamates (subject to hydrolysis) is 1. The highest BCUT2D eigenvalue weighted by atomic mass is 16.5. The second-order valence-corrected chi connectivity index (χ2v) is 6.79. The molecule has 1 aromatic carbocycles. The summed E-state index contributed by atoms with van der Waals surface area (Å²) in [5.41, 5.74) is 0.730. The van der Waals surface area contributed by atoms with Crippen molar-refractivity contribution >= 4 is 12.0 Å². The number of rotatable bonds is 10. The number of unbranched alkanes of at least 4 members (excludes halogenated alkanes) is 1. The molecule has 28 heavy (non-hydrogen) atoms. The highest BCUT2D eigenvalue weighted by molar-refractivity contribution is 5.82. The number of benzene rings is 1. The molecule has 2 atom stereocenters. The number of nitrogens with zero attached hydrogens (tertiary/aromatic N) is 1. The number of aliphatic hydroxyl groups excluding tert-OH is 1. The summed E-state index contributed by atoms with van der Waals surface area (Å²) in [7, 11) is 0. The van der Waals surface area contributed by atoms with Crippen LogP contribution in [0.15, 0.2) is 30.3 Å². The zero-order valence-electron chi connectivity index (χ0n) is 16.4. The quantitative estimate of drug-likeness (QED) is 0.514. The zero-order chi connectivity index (χ0) is 20.2. The predicted octanol–water partition coefficient (Wildman–Crippen LogP) is 1.06. The molecule has 1 fully saturated rings. The third kappa shape index (κ3) is 7.84. The average Bonchev–Trinajstić information content (AvgIpc) is 2.73. The Morgan fingerprint density at radius 1 is 1.25 bits per heavy atom. The normalized spacial score (nSPS) is 16.8. The summed E-state index contributed by atoms with van der Waals surface area (Å²) in [6, 6.07) is 8.71. The van der Waals surface area contributed by atoms with Gasteiger partial charge in [0.2, 0.25) is 5.91 Å². The fourth-order valence-corrected chi connectivity index (χ4v) is 2.94. The summed E-state index contributed by atoms with van der Waals surface area (Å²) in [6.07, 6.45) is 0.236. The van der Waals surface area contributed by atoms with Crippen LogP contribution in [0.25, 0.3) is 0 Å². The number of hydrogen-bond donors (Lipinski definition) is 3. The highest BCUT2D eigenvalue weighted by Gasteiger charge is 2.26. The van der Waals surface area contributed by atoms with E-state index in [-0.39, 0.29) is 12.5 Å². The van der Waals surface area contributed by atoms with Crippen molar-refractivity contribution < 1.29 is 24.2 Å². The molecule has 2 unspecified atom stereocenters. The number of nitrogens with one attached hydrogen (secondary N) is 2. The van der Waals surface area contributed by atoms with Gasteiger partial charge in [-0.15, -0.1) is 0 Å². The van der Waals surface area contributed by atoms with E-state index in [0.717, 1.165) is 31.5 Å². The number of hydrogen-bond acceptors (Lipinski definition) is 6. The maximum absolute atomic E-state index is 12.3. The van der Waals surface area contributed by atoms with Crippen molar-refractivity contribution in [2.24, 2.45) is 0 Å². The van der Waals surface area contributed by atoms with Crippen LogP contribution >= 0.6 is 0 Å². The first-order valence-corrected chi connectivity index (χ1v) is 9.83. The minimum absolute atomic E-state index is 0.202. The predicted molar refractivity (Wildman–Crippen MR) is 105 cm³/mol. The van der Waals surface area contributed by atoms with E-state index in [1.165, 1.54) is 0 Å². The SMILES string of the molecule is CCCCOC(=O)NCC(=O)NC(CN1CCOCC1)C(O)c1ccccc1. The average molecular weight is 393 g/mol. The Bertz CT molecular complexity index is 593. The topological polar surface area (TPSA) is 100 Å². The summed E-state index contributed by atoms with van der Waals surface area (Å²) in [5, 5.41) is 16.1. The second kappa shape index (κ2) is 12.3. The molecule has 1 aliphatic rings. The van der Waals surface area contributed by atoms with Gasteiger partial charge in [0, 0.05) is 19.6 Å². The number of amides is 2. The molecule has 1 aliphatic heterocycles. The second-order valence-electron chi connectivity index (χ2n) is 6.79. The minimum atomic E-state index is -0.857. The molecule has 8 heteroatoms. The standard InChI is InChI=1S/C20H31N3O5/c1-2-3-11-28-20(26)21-14-18(24)22-17(15-23-9-12-27-13-10-23)19(25)16-7-5-4-6-8-16/h4-8,17,19,25H,2-3,9-15H2,1H3,(H,21,26)(H,22,24). The van der Waals surface area contributed by atoms with Crippen molar-refractivity contribution in [3.63, 3.8) is 0 Å². The van der Waals surface area contributed by atoms with Crippen LogP contribution in [0.5, 0.6) is 0 Å². The van der Waals surface area contributed by atoms with Crippen molar-refractivity contribution in [3.8, 4) is 0 Å². The van der Waals surface area contributed by atoms with Gasteiger partial charge in [-0.25, -0.2) is 4.79 Å². The lowest BCUT2D eigenvalue weighted by atomic mass is 10.0. The Morgan fingerprint density at radius 3 is 2.64 bits per heavy atom. The third-order valence-electron chi connectivity index (χ3n) is 4.55. The van der Waals surface area contributed by atoms with E-state index in [4.69, 9.17) is 9.47 Å².